The van der Waals surface area contributed by atoms with Crippen LogP contribution in [-0.2, 0) is 4.79 Å². The minimum absolute atomic E-state index is 0.229. The van der Waals surface area contributed by atoms with Crippen LogP contribution in [0.15, 0.2) is 24.3 Å². The van der Waals surface area contributed by atoms with E-state index in [9.17, 15) is 4.79 Å². The molecule has 0 aromatic carbocycles. The van der Waals surface area contributed by atoms with Crippen LogP contribution < -0.4 is 0 Å². The number of hydrogen-bond donors (Lipinski definition) is 1. The molecule has 2 heteroatoms. The second-order valence-corrected chi connectivity index (χ2v) is 2.21. The first-order valence-corrected chi connectivity index (χ1v) is 3.75. The Labute approximate surface area is 67.2 Å². The van der Waals surface area contributed by atoms with Gasteiger partial charge in [0, 0.05) is 6.42 Å². The summed E-state index contributed by atoms with van der Waals surface area (Å²) in [6, 6.07) is 0. The molecule has 11 heavy (non-hydrogen) atoms. The lowest BCUT2D eigenvalue weighted by atomic mass is 10.2. The molecule has 0 saturated carbocycles. The van der Waals surface area contributed by atoms with Gasteiger partial charge >= 0.3 is 5.97 Å². The Morgan fingerprint density at radius 2 is 2.09 bits per heavy atom. The fraction of sp³-hybridized carbons (Fsp3) is 0.444. The molecule has 0 unspecified atom stereocenters. The molecule has 0 amide bonds. The van der Waals surface area contributed by atoms with Crippen molar-refractivity contribution in [3.63, 3.8) is 0 Å². The van der Waals surface area contributed by atoms with Gasteiger partial charge < -0.3 is 5.11 Å². The molecule has 0 aromatic rings. The van der Waals surface area contributed by atoms with Gasteiger partial charge in [0.25, 0.3) is 0 Å². The Kier molecular flexibility index (Phi) is 6.39. The van der Waals surface area contributed by atoms with Crippen molar-refractivity contribution >= 4 is 5.97 Å². The van der Waals surface area contributed by atoms with Gasteiger partial charge in [-0.15, -0.1) is 0 Å². The zero-order valence-corrected chi connectivity index (χ0v) is 6.79. The van der Waals surface area contributed by atoms with Crippen LogP contribution in [0.2, 0.25) is 0 Å². The van der Waals surface area contributed by atoms with Crippen molar-refractivity contribution in [1.29, 1.82) is 0 Å². The van der Waals surface area contributed by atoms with Gasteiger partial charge in [0.05, 0.1) is 0 Å². The van der Waals surface area contributed by atoms with E-state index in [0.717, 1.165) is 6.42 Å². The van der Waals surface area contributed by atoms with E-state index in [4.69, 9.17) is 5.11 Å². The number of allylic oxidation sites excluding steroid dienone is 4. The van der Waals surface area contributed by atoms with Crippen LogP contribution in [0.4, 0.5) is 0 Å². The Bertz CT molecular complexity index is 157. The molecule has 0 aliphatic heterocycles. The molecule has 0 heterocycles. The van der Waals surface area contributed by atoms with Crippen molar-refractivity contribution in [2.75, 3.05) is 0 Å². The number of aliphatic carboxylic acids is 1. The van der Waals surface area contributed by atoms with Gasteiger partial charge in [0.15, 0.2) is 0 Å². The standard InChI is InChI=1S/C9H14O2/c1-2-3-4-5-6-7-8-9(10)11/h2-3,5-6H,4,7-8H2,1H3,(H,10,11). The van der Waals surface area contributed by atoms with E-state index in [1.165, 1.54) is 0 Å². The lowest BCUT2D eigenvalue weighted by Gasteiger charge is -1.85. The van der Waals surface area contributed by atoms with Gasteiger partial charge in [-0.3, -0.25) is 4.79 Å². The Balaban J connectivity index is 3.23. The summed E-state index contributed by atoms with van der Waals surface area (Å²) in [6.07, 6.45) is 9.63. The minimum Gasteiger partial charge on any atom is -0.481 e. The third-order valence-corrected chi connectivity index (χ3v) is 1.20. The second-order valence-electron chi connectivity index (χ2n) is 2.21. The number of carboxylic acids is 1. The maximum Gasteiger partial charge on any atom is 0.303 e. The highest BCUT2D eigenvalue weighted by Crippen LogP contribution is 1.93. The molecule has 0 spiro atoms. The minimum atomic E-state index is -0.735. The van der Waals surface area contributed by atoms with Gasteiger partial charge in [0.1, 0.15) is 0 Å². The molecule has 0 rings (SSSR count). The van der Waals surface area contributed by atoms with Crippen LogP contribution >= 0.6 is 0 Å². The van der Waals surface area contributed by atoms with Gasteiger partial charge in [-0.05, 0) is 19.8 Å². The third kappa shape index (κ3) is 8.95. The van der Waals surface area contributed by atoms with Gasteiger partial charge in [-0.25, -0.2) is 0 Å². The predicted molar refractivity (Wildman–Crippen MR) is 45.4 cm³/mol. The number of rotatable bonds is 5. The highest BCUT2D eigenvalue weighted by Gasteiger charge is 1.90. The Hall–Kier alpha value is -1.05. The first kappa shape index (κ1) is 9.95. The fourth-order valence-electron chi connectivity index (χ4n) is 0.636. The Morgan fingerprint density at radius 1 is 1.36 bits per heavy atom. The fourth-order valence-corrected chi connectivity index (χ4v) is 0.636. The highest BCUT2D eigenvalue weighted by molar-refractivity contribution is 5.66. The van der Waals surface area contributed by atoms with Crippen molar-refractivity contribution in [2.45, 2.75) is 26.2 Å². The first-order chi connectivity index (χ1) is 5.27. The molecule has 62 valence electrons. The normalized spacial score (nSPS) is 11.4. The van der Waals surface area contributed by atoms with Crippen molar-refractivity contribution in [2.24, 2.45) is 0 Å². The summed E-state index contributed by atoms with van der Waals surface area (Å²) in [6.45, 7) is 1.96. The van der Waals surface area contributed by atoms with Crippen LogP contribution in [0, 0.1) is 0 Å². The molecule has 0 atom stereocenters. The maximum atomic E-state index is 10.0. The van der Waals surface area contributed by atoms with Gasteiger partial charge in [-0.2, -0.15) is 0 Å². The van der Waals surface area contributed by atoms with Crippen LogP contribution in [0.3, 0.4) is 0 Å². The summed E-state index contributed by atoms with van der Waals surface area (Å²) in [7, 11) is 0. The molecule has 0 bridgehead atoms. The predicted octanol–water partition coefficient (Wildman–Crippen LogP) is 2.37. The van der Waals surface area contributed by atoms with E-state index in [1.54, 1.807) is 0 Å². The highest BCUT2D eigenvalue weighted by atomic mass is 16.4. The molecular formula is C9H14O2. The Morgan fingerprint density at radius 3 is 2.64 bits per heavy atom. The second kappa shape index (κ2) is 7.06. The van der Waals surface area contributed by atoms with E-state index in [2.05, 4.69) is 0 Å². The lowest BCUT2D eigenvalue weighted by molar-refractivity contribution is -0.136. The largest absolute Gasteiger partial charge is 0.481 e. The average molecular weight is 154 g/mol. The van der Waals surface area contributed by atoms with Crippen LogP contribution in [0.1, 0.15) is 26.2 Å². The smallest absolute Gasteiger partial charge is 0.303 e. The van der Waals surface area contributed by atoms with E-state index < -0.39 is 5.97 Å². The van der Waals surface area contributed by atoms with Crippen molar-refractivity contribution in [3.8, 4) is 0 Å². The molecule has 1 N–H and O–H groups in total. The number of hydrogen-bond acceptors (Lipinski definition) is 1. The van der Waals surface area contributed by atoms with Crippen molar-refractivity contribution in [3.05, 3.63) is 24.3 Å². The average Bonchev–Trinajstić information content (AvgIpc) is 1.96. The van der Waals surface area contributed by atoms with Gasteiger partial charge in [0.2, 0.25) is 0 Å². The van der Waals surface area contributed by atoms with Crippen LogP contribution in [-0.4, -0.2) is 11.1 Å². The van der Waals surface area contributed by atoms with Gasteiger partial charge in [-0.1, -0.05) is 24.3 Å². The van der Waals surface area contributed by atoms with E-state index in [1.807, 2.05) is 31.2 Å². The zero-order valence-electron chi connectivity index (χ0n) is 6.79. The summed E-state index contributed by atoms with van der Waals surface area (Å²) in [5, 5.41) is 8.27. The first-order valence-electron chi connectivity index (χ1n) is 3.75. The summed E-state index contributed by atoms with van der Waals surface area (Å²) in [5.74, 6) is -0.735. The monoisotopic (exact) mass is 154 g/mol. The van der Waals surface area contributed by atoms with E-state index in [0.29, 0.717) is 6.42 Å². The molecule has 0 aliphatic carbocycles. The molecule has 0 fully saturated rings. The quantitative estimate of drug-likeness (QED) is 0.617. The number of carboxylic acid groups (broad SMARTS) is 1. The van der Waals surface area contributed by atoms with Crippen LogP contribution in [0.25, 0.3) is 0 Å². The molecule has 0 saturated heterocycles. The van der Waals surface area contributed by atoms with Crippen molar-refractivity contribution < 1.29 is 9.90 Å². The summed E-state index contributed by atoms with van der Waals surface area (Å²) < 4.78 is 0. The zero-order chi connectivity index (χ0) is 8.53. The molecule has 0 aliphatic rings. The van der Waals surface area contributed by atoms with Crippen molar-refractivity contribution in [1.82, 2.24) is 0 Å². The number of carbonyl (C=O) groups is 1. The summed E-state index contributed by atoms with van der Waals surface area (Å²) in [5.41, 5.74) is 0. The lowest BCUT2D eigenvalue weighted by Crippen LogP contribution is -1.91. The molecular weight excluding hydrogens is 140 g/mol. The summed E-state index contributed by atoms with van der Waals surface area (Å²) in [4.78, 5) is 10.0. The van der Waals surface area contributed by atoms with Crippen LogP contribution in [0.5, 0.6) is 0 Å². The van der Waals surface area contributed by atoms with E-state index >= 15 is 0 Å². The molecule has 2 nitrogen and oxygen atoms in total. The molecule has 0 radical (unpaired) electrons. The third-order valence-electron chi connectivity index (χ3n) is 1.20. The maximum absolute atomic E-state index is 10.0. The summed E-state index contributed by atoms with van der Waals surface area (Å²) >= 11 is 0. The van der Waals surface area contributed by atoms with E-state index in [-0.39, 0.29) is 6.42 Å². The molecule has 0 aromatic heterocycles. The topological polar surface area (TPSA) is 37.3 Å². The SMILES string of the molecule is CC=CCC=CCCC(=O)O.